The Morgan fingerprint density at radius 1 is 0.725 bits per heavy atom. The van der Waals surface area contributed by atoms with Crippen LogP contribution in [0.4, 0.5) is 11.4 Å². The first kappa shape index (κ1) is 35.3. The smallest absolute Gasteiger partial charge is 0.297 e. The van der Waals surface area contributed by atoms with E-state index < -0.39 is 10.1 Å². The fourth-order valence-corrected chi connectivity index (χ4v) is 6.82. The minimum absolute atomic E-state index is 0.0102. The van der Waals surface area contributed by atoms with Crippen molar-refractivity contribution < 1.29 is 31.7 Å². The van der Waals surface area contributed by atoms with E-state index in [-0.39, 0.29) is 48.5 Å². The van der Waals surface area contributed by atoms with Crippen LogP contribution in [0.15, 0.2) is 120 Å². The Morgan fingerprint density at radius 3 is 2.14 bits per heavy atom. The maximum atomic E-state index is 13.0. The Morgan fingerprint density at radius 2 is 1.41 bits per heavy atom. The second kappa shape index (κ2) is 16.0. The van der Waals surface area contributed by atoms with Gasteiger partial charge >= 0.3 is 0 Å². The van der Waals surface area contributed by atoms with E-state index in [1.807, 2.05) is 73.7 Å². The maximum Gasteiger partial charge on any atom is 0.297 e. The standard InChI is InChI=1S/C40H39N3O7S/c1-29-9-19-35(20-10-29)51(47,48)50-28-27-49-34-17-11-31(12-18-34)38(44)21-22-39(45)43-25-23-42(24-26-43)33-15-13-32(14-16-33)41-40(46)37-8-4-6-30-5-2-3-7-36(30)37/h2-20H,21-28H2,1H3,(H,41,46). The van der Waals surface area contributed by atoms with Gasteiger partial charge in [-0.2, -0.15) is 8.42 Å². The molecule has 0 unspecified atom stereocenters. The van der Waals surface area contributed by atoms with Crippen LogP contribution in [0.25, 0.3) is 10.8 Å². The second-order valence-electron chi connectivity index (χ2n) is 12.3. The quantitative estimate of drug-likeness (QED) is 0.0838. The molecule has 0 radical (unpaired) electrons. The third-order valence-electron chi connectivity index (χ3n) is 8.80. The zero-order chi connectivity index (χ0) is 35.8. The molecule has 10 nitrogen and oxygen atoms in total. The Kier molecular flexibility index (Phi) is 11.1. The average molecular weight is 706 g/mol. The van der Waals surface area contributed by atoms with Gasteiger partial charge in [-0.1, -0.05) is 54.1 Å². The van der Waals surface area contributed by atoms with Gasteiger partial charge in [0.05, 0.1) is 4.90 Å². The molecule has 0 aromatic heterocycles. The zero-order valence-electron chi connectivity index (χ0n) is 28.3. The van der Waals surface area contributed by atoms with E-state index in [4.69, 9.17) is 8.92 Å². The SMILES string of the molecule is Cc1ccc(S(=O)(=O)OCCOc2ccc(C(=O)CCC(=O)N3CCN(c4ccc(NC(=O)c5cccc6ccccc56)cc4)CC3)cc2)cc1. The number of anilines is 2. The number of ketones is 1. The highest BCUT2D eigenvalue weighted by Gasteiger charge is 2.22. The van der Waals surface area contributed by atoms with Crippen molar-refractivity contribution in [2.24, 2.45) is 0 Å². The molecule has 1 aliphatic heterocycles. The zero-order valence-corrected chi connectivity index (χ0v) is 29.1. The highest BCUT2D eigenvalue weighted by Crippen LogP contribution is 2.23. The van der Waals surface area contributed by atoms with Crippen molar-refractivity contribution in [1.29, 1.82) is 0 Å². The molecule has 0 saturated carbocycles. The van der Waals surface area contributed by atoms with Gasteiger partial charge in [0.2, 0.25) is 5.91 Å². The summed E-state index contributed by atoms with van der Waals surface area (Å²) in [6.07, 6.45) is 0.213. The third kappa shape index (κ3) is 8.99. The summed E-state index contributed by atoms with van der Waals surface area (Å²) in [7, 11) is -3.87. The lowest BCUT2D eigenvalue weighted by molar-refractivity contribution is -0.131. The molecule has 11 heteroatoms. The van der Waals surface area contributed by atoms with Crippen LogP contribution >= 0.6 is 0 Å². The molecule has 1 N–H and O–H groups in total. The van der Waals surface area contributed by atoms with E-state index >= 15 is 0 Å². The van der Waals surface area contributed by atoms with Gasteiger partial charge in [-0.3, -0.25) is 18.6 Å². The van der Waals surface area contributed by atoms with Gasteiger partial charge < -0.3 is 19.9 Å². The molecule has 0 aliphatic carbocycles. The summed E-state index contributed by atoms with van der Waals surface area (Å²) in [6.45, 7) is 4.14. The van der Waals surface area contributed by atoms with Crippen molar-refractivity contribution in [1.82, 2.24) is 4.90 Å². The molecule has 262 valence electrons. The monoisotopic (exact) mass is 705 g/mol. The van der Waals surface area contributed by atoms with Crippen LogP contribution in [-0.2, 0) is 19.1 Å². The van der Waals surface area contributed by atoms with E-state index in [0.717, 1.165) is 22.0 Å². The van der Waals surface area contributed by atoms with Crippen LogP contribution in [0.2, 0.25) is 0 Å². The molecule has 1 heterocycles. The van der Waals surface area contributed by atoms with Crippen LogP contribution < -0.4 is 15.0 Å². The van der Waals surface area contributed by atoms with Crippen LogP contribution in [0.1, 0.15) is 39.1 Å². The number of ether oxygens (including phenoxy) is 1. The van der Waals surface area contributed by atoms with Gasteiger partial charge in [-0.25, -0.2) is 0 Å². The Bertz CT molecular complexity index is 2100. The number of amides is 2. The normalized spacial score (nSPS) is 13.2. The highest BCUT2D eigenvalue weighted by molar-refractivity contribution is 7.86. The fourth-order valence-electron chi connectivity index (χ4n) is 5.93. The molecule has 0 atom stereocenters. The predicted octanol–water partition coefficient (Wildman–Crippen LogP) is 6.50. The van der Waals surface area contributed by atoms with Crippen LogP contribution in [0.3, 0.4) is 0 Å². The number of fused-ring (bicyclic) bond motifs is 1. The van der Waals surface area contributed by atoms with E-state index in [1.165, 1.54) is 12.1 Å². The summed E-state index contributed by atoms with van der Waals surface area (Å²) in [4.78, 5) is 42.8. The summed E-state index contributed by atoms with van der Waals surface area (Å²) in [6, 6.07) is 34.1. The van der Waals surface area contributed by atoms with Gasteiger partial charge in [-0.15, -0.1) is 0 Å². The number of hydrogen-bond donors (Lipinski definition) is 1. The minimum Gasteiger partial charge on any atom is -0.491 e. The summed E-state index contributed by atoms with van der Waals surface area (Å²) in [5.74, 6) is 0.101. The van der Waals surface area contributed by atoms with Gasteiger partial charge in [0.1, 0.15) is 19.0 Å². The number of hydrogen-bond acceptors (Lipinski definition) is 8. The number of carbonyl (C=O) groups is 3. The van der Waals surface area contributed by atoms with Crippen LogP contribution in [0.5, 0.6) is 5.75 Å². The molecule has 1 fully saturated rings. The number of nitrogens with zero attached hydrogens (tertiary/aromatic N) is 2. The summed E-state index contributed by atoms with van der Waals surface area (Å²) < 4.78 is 35.2. The number of nitrogens with one attached hydrogen (secondary N) is 1. The molecule has 5 aromatic carbocycles. The first-order chi connectivity index (χ1) is 24.7. The number of benzene rings is 5. The summed E-state index contributed by atoms with van der Waals surface area (Å²) in [5.41, 5.74) is 3.75. The number of aryl methyl sites for hydroxylation is 1. The van der Waals surface area contributed by atoms with Gasteiger partial charge in [0, 0.05) is 61.5 Å². The number of Topliss-reactive ketones (excluding diaryl/α,β-unsaturated/α-hetero) is 1. The maximum absolute atomic E-state index is 13.0. The van der Waals surface area contributed by atoms with Crippen molar-refractivity contribution in [2.45, 2.75) is 24.7 Å². The average Bonchev–Trinajstić information content (AvgIpc) is 3.16. The van der Waals surface area contributed by atoms with E-state index in [0.29, 0.717) is 48.7 Å². The third-order valence-corrected chi connectivity index (χ3v) is 10.1. The minimum atomic E-state index is -3.87. The second-order valence-corrected chi connectivity index (χ2v) is 13.9. The van der Waals surface area contributed by atoms with Crippen LogP contribution in [0, 0.1) is 6.92 Å². The first-order valence-corrected chi connectivity index (χ1v) is 18.2. The molecular formula is C40H39N3O7S. The van der Waals surface area contributed by atoms with Crippen molar-refractivity contribution >= 4 is 49.9 Å². The lowest BCUT2D eigenvalue weighted by atomic mass is 10.0. The van der Waals surface area contributed by atoms with Crippen molar-refractivity contribution in [3.63, 3.8) is 0 Å². The largest absolute Gasteiger partial charge is 0.491 e. The van der Waals surface area contributed by atoms with Gasteiger partial charge in [0.15, 0.2) is 5.78 Å². The van der Waals surface area contributed by atoms with Gasteiger partial charge in [-0.05, 0) is 84.4 Å². The van der Waals surface area contributed by atoms with Crippen molar-refractivity contribution in [2.75, 3.05) is 49.6 Å². The lowest BCUT2D eigenvalue weighted by Crippen LogP contribution is -2.48. The molecule has 5 aromatic rings. The fraction of sp³-hybridized carbons (Fsp3) is 0.225. The van der Waals surface area contributed by atoms with E-state index in [2.05, 4.69) is 10.2 Å². The topological polar surface area (TPSA) is 122 Å². The number of rotatable bonds is 13. The van der Waals surface area contributed by atoms with Crippen molar-refractivity contribution in [3.8, 4) is 5.75 Å². The molecular weight excluding hydrogens is 667 g/mol. The Hall–Kier alpha value is -5.52. The lowest BCUT2D eigenvalue weighted by Gasteiger charge is -2.36. The van der Waals surface area contributed by atoms with Crippen molar-refractivity contribution in [3.05, 3.63) is 132 Å². The molecule has 2 amide bonds. The molecule has 6 rings (SSSR count). The number of carbonyl (C=O) groups excluding carboxylic acids is 3. The molecule has 1 aliphatic rings. The predicted molar refractivity (Wildman–Crippen MR) is 197 cm³/mol. The highest BCUT2D eigenvalue weighted by atomic mass is 32.2. The van der Waals surface area contributed by atoms with E-state index in [9.17, 15) is 22.8 Å². The van der Waals surface area contributed by atoms with Gasteiger partial charge in [0.25, 0.3) is 16.0 Å². The molecule has 0 bridgehead atoms. The first-order valence-electron chi connectivity index (χ1n) is 16.8. The Balaban J connectivity index is 0.904. The number of piperazine rings is 1. The Labute approximate surface area is 297 Å². The van der Waals surface area contributed by atoms with E-state index in [1.54, 1.807) is 41.3 Å². The molecule has 0 spiro atoms. The molecule has 51 heavy (non-hydrogen) atoms. The summed E-state index contributed by atoms with van der Waals surface area (Å²) in [5, 5.41) is 4.91. The summed E-state index contributed by atoms with van der Waals surface area (Å²) >= 11 is 0. The molecule has 1 saturated heterocycles. The van der Waals surface area contributed by atoms with Crippen LogP contribution in [-0.4, -0.2) is 70.3 Å².